The van der Waals surface area contributed by atoms with Crippen molar-refractivity contribution in [3.05, 3.63) is 65.5 Å². The molecule has 0 fully saturated rings. The van der Waals surface area contributed by atoms with Crippen molar-refractivity contribution in [2.45, 2.75) is 32.2 Å². The average Bonchev–Trinajstić information content (AvgIpc) is 2.61. The summed E-state index contributed by atoms with van der Waals surface area (Å²) in [7, 11) is 0. The number of hydrogen-bond donors (Lipinski definition) is 2. The summed E-state index contributed by atoms with van der Waals surface area (Å²) in [6.07, 6.45) is 0.710. The topological polar surface area (TPSA) is 81.4 Å². The molecule has 0 aliphatic carbocycles. The molecule has 0 aliphatic heterocycles. The molecule has 1 amide bonds. The smallest absolute Gasteiger partial charge is 0.308 e. The van der Waals surface area contributed by atoms with Gasteiger partial charge in [0.25, 0.3) is 0 Å². The molecule has 2 aromatic rings. The summed E-state index contributed by atoms with van der Waals surface area (Å²) in [5.41, 5.74) is 8.06. The van der Waals surface area contributed by atoms with Gasteiger partial charge in [-0.15, -0.1) is 0 Å². The van der Waals surface area contributed by atoms with Gasteiger partial charge in [0.2, 0.25) is 5.91 Å². The maximum absolute atomic E-state index is 13.2. The first-order valence-corrected chi connectivity index (χ1v) is 8.53. The summed E-state index contributed by atoms with van der Waals surface area (Å²) in [6.45, 7) is 1.98. The van der Waals surface area contributed by atoms with Crippen molar-refractivity contribution in [2.75, 3.05) is 12.3 Å². The Bertz CT molecular complexity index is 747. The quantitative estimate of drug-likeness (QED) is 0.561. The molecular weight excluding hydrogens is 335 g/mol. The van der Waals surface area contributed by atoms with E-state index in [0.717, 1.165) is 5.56 Å². The fourth-order valence-corrected chi connectivity index (χ4v) is 2.61. The maximum atomic E-state index is 13.2. The molecular formula is C20H23FN2O3. The third-order valence-electron chi connectivity index (χ3n) is 3.96. The number of carbonyl (C=O) groups is 2. The van der Waals surface area contributed by atoms with Gasteiger partial charge in [0.05, 0.1) is 19.1 Å². The van der Waals surface area contributed by atoms with Crippen molar-refractivity contribution in [2.24, 2.45) is 0 Å². The van der Waals surface area contributed by atoms with E-state index < -0.39 is 12.0 Å². The van der Waals surface area contributed by atoms with E-state index in [1.165, 1.54) is 12.1 Å². The van der Waals surface area contributed by atoms with Crippen LogP contribution in [-0.2, 0) is 20.7 Å². The van der Waals surface area contributed by atoms with Gasteiger partial charge in [0.15, 0.2) is 0 Å². The molecule has 0 aliphatic rings. The molecule has 0 aromatic heterocycles. The fourth-order valence-electron chi connectivity index (χ4n) is 2.61. The van der Waals surface area contributed by atoms with Gasteiger partial charge in [0.1, 0.15) is 5.82 Å². The number of anilines is 1. The Morgan fingerprint density at radius 2 is 1.85 bits per heavy atom. The highest BCUT2D eigenvalue weighted by Crippen LogP contribution is 2.19. The summed E-state index contributed by atoms with van der Waals surface area (Å²) in [4.78, 5) is 24.2. The van der Waals surface area contributed by atoms with Crippen LogP contribution in [0.25, 0.3) is 0 Å². The highest BCUT2D eigenvalue weighted by atomic mass is 19.1. The lowest BCUT2D eigenvalue weighted by molar-refractivity contribution is -0.143. The van der Waals surface area contributed by atoms with Crippen LogP contribution < -0.4 is 11.1 Å². The second-order valence-corrected chi connectivity index (χ2v) is 5.88. The van der Waals surface area contributed by atoms with Crippen molar-refractivity contribution in [3.63, 3.8) is 0 Å². The molecule has 2 rings (SSSR count). The SMILES string of the molecule is CCOC(=O)CC(NC(=O)CCc1ccccc1N)c1ccc(F)cc1. The van der Waals surface area contributed by atoms with Gasteiger partial charge >= 0.3 is 5.97 Å². The molecule has 1 unspecified atom stereocenters. The third kappa shape index (κ3) is 5.88. The Balaban J connectivity index is 2.02. The van der Waals surface area contributed by atoms with Gasteiger partial charge < -0.3 is 15.8 Å². The van der Waals surface area contributed by atoms with E-state index in [-0.39, 0.29) is 31.2 Å². The van der Waals surface area contributed by atoms with Gasteiger partial charge in [-0.2, -0.15) is 0 Å². The van der Waals surface area contributed by atoms with Crippen molar-refractivity contribution in [1.29, 1.82) is 0 Å². The Morgan fingerprint density at radius 1 is 1.15 bits per heavy atom. The van der Waals surface area contributed by atoms with Crippen molar-refractivity contribution in [1.82, 2.24) is 5.32 Å². The summed E-state index contributed by atoms with van der Waals surface area (Å²) in [5, 5.41) is 2.83. The molecule has 26 heavy (non-hydrogen) atoms. The minimum Gasteiger partial charge on any atom is -0.466 e. The first-order chi connectivity index (χ1) is 12.5. The first-order valence-electron chi connectivity index (χ1n) is 8.53. The van der Waals surface area contributed by atoms with Crippen LogP contribution in [0.15, 0.2) is 48.5 Å². The normalized spacial score (nSPS) is 11.6. The standard InChI is InChI=1S/C20H23FN2O3/c1-2-26-20(25)13-18(15-7-10-16(21)11-8-15)23-19(24)12-9-14-5-3-4-6-17(14)22/h3-8,10-11,18H,2,9,12-13,22H2,1H3,(H,23,24). The van der Waals surface area contributed by atoms with E-state index >= 15 is 0 Å². The second kappa shape index (κ2) is 9.56. The monoisotopic (exact) mass is 358 g/mol. The van der Waals surface area contributed by atoms with E-state index in [4.69, 9.17) is 10.5 Å². The van der Waals surface area contributed by atoms with Crippen LogP contribution >= 0.6 is 0 Å². The molecule has 0 heterocycles. The summed E-state index contributed by atoms with van der Waals surface area (Å²) in [5.74, 6) is -1.02. The third-order valence-corrected chi connectivity index (χ3v) is 3.96. The molecule has 0 saturated heterocycles. The van der Waals surface area contributed by atoms with Crippen molar-refractivity contribution in [3.8, 4) is 0 Å². The van der Waals surface area contributed by atoms with Crippen LogP contribution in [0.4, 0.5) is 10.1 Å². The van der Waals surface area contributed by atoms with Crippen LogP contribution in [0, 0.1) is 5.82 Å². The number of esters is 1. The lowest BCUT2D eigenvalue weighted by Gasteiger charge is -2.19. The number of benzene rings is 2. The number of nitrogens with two attached hydrogens (primary N) is 1. The molecule has 0 radical (unpaired) electrons. The summed E-state index contributed by atoms with van der Waals surface area (Å²) >= 11 is 0. The zero-order valence-electron chi connectivity index (χ0n) is 14.7. The first kappa shape index (κ1) is 19.4. The van der Waals surface area contributed by atoms with Crippen molar-refractivity contribution < 1.29 is 18.7 Å². The highest BCUT2D eigenvalue weighted by molar-refractivity contribution is 5.78. The van der Waals surface area contributed by atoms with Gasteiger partial charge in [-0.05, 0) is 42.7 Å². The number of amides is 1. The molecule has 138 valence electrons. The van der Waals surface area contributed by atoms with E-state index in [1.54, 1.807) is 25.1 Å². The number of para-hydroxylation sites is 1. The van der Waals surface area contributed by atoms with Crippen LogP contribution in [-0.4, -0.2) is 18.5 Å². The van der Waals surface area contributed by atoms with Crippen LogP contribution in [0.3, 0.4) is 0 Å². The van der Waals surface area contributed by atoms with Crippen LogP contribution in [0.5, 0.6) is 0 Å². The molecule has 6 heteroatoms. The number of rotatable bonds is 8. The second-order valence-electron chi connectivity index (χ2n) is 5.88. The van der Waals surface area contributed by atoms with E-state index in [1.807, 2.05) is 18.2 Å². The van der Waals surface area contributed by atoms with Gasteiger partial charge in [-0.25, -0.2) is 4.39 Å². The largest absolute Gasteiger partial charge is 0.466 e. The number of carbonyl (C=O) groups excluding carboxylic acids is 2. The molecule has 3 N–H and O–H groups in total. The number of nitrogens with one attached hydrogen (secondary N) is 1. The lowest BCUT2D eigenvalue weighted by Crippen LogP contribution is -2.30. The zero-order chi connectivity index (χ0) is 18.9. The molecule has 1 atom stereocenters. The number of aryl methyl sites for hydroxylation is 1. The minimum atomic E-state index is -0.574. The summed E-state index contributed by atoms with van der Waals surface area (Å²) in [6, 6.07) is 12.5. The van der Waals surface area contributed by atoms with E-state index in [9.17, 15) is 14.0 Å². The Labute approximate surface area is 152 Å². The number of hydrogen-bond acceptors (Lipinski definition) is 4. The maximum Gasteiger partial charge on any atom is 0.308 e. The molecule has 0 spiro atoms. The molecule has 2 aromatic carbocycles. The Hall–Kier alpha value is -2.89. The predicted molar refractivity (Wildman–Crippen MR) is 97.7 cm³/mol. The lowest BCUT2D eigenvalue weighted by atomic mass is 10.0. The highest BCUT2D eigenvalue weighted by Gasteiger charge is 2.19. The van der Waals surface area contributed by atoms with Gasteiger partial charge in [-0.3, -0.25) is 9.59 Å². The number of ether oxygens (including phenoxy) is 1. The van der Waals surface area contributed by atoms with E-state index in [2.05, 4.69) is 5.32 Å². The molecule has 0 saturated carbocycles. The van der Waals surface area contributed by atoms with Crippen molar-refractivity contribution >= 4 is 17.6 Å². The molecule has 5 nitrogen and oxygen atoms in total. The average molecular weight is 358 g/mol. The minimum absolute atomic E-state index is 0.0152. The van der Waals surface area contributed by atoms with Gasteiger partial charge in [-0.1, -0.05) is 30.3 Å². The zero-order valence-corrected chi connectivity index (χ0v) is 14.7. The number of nitrogen functional groups attached to an aromatic ring is 1. The Kier molecular flexibility index (Phi) is 7.14. The Morgan fingerprint density at radius 3 is 2.50 bits per heavy atom. The predicted octanol–water partition coefficient (Wildman–Crippen LogP) is 3.15. The summed E-state index contributed by atoms with van der Waals surface area (Å²) < 4.78 is 18.1. The number of halogens is 1. The van der Waals surface area contributed by atoms with Crippen LogP contribution in [0.2, 0.25) is 0 Å². The fraction of sp³-hybridized carbons (Fsp3) is 0.300. The molecule has 0 bridgehead atoms. The van der Waals surface area contributed by atoms with Gasteiger partial charge in [0, 0.05) is 12.1 Å². The van der Waals surface area contributed by atoms with Crippen LogP contribution in [0.1, 0.15) is 36.9 Å². The van der Waals surface area contributed by atoms with E-state index in [0.29, 0.717) is 17.7 Å².